The topological polar surface area (TPSA) is 61.4 Å². The minimum atomic E-state index is -0.783. The lowest BCUT2D eigenvalue weighted by Crippen LogP contribution is -2.77. The molecule has 2 amide bonds. The number of nitrogens with one attached hydrogen (secondary N) is 2. The van der Waals surface area contributed by atoms with Crippen LogP contribution in [-0.2, 0) is 16.1 Å². The second-order valence-corrected chi connectivity index (χ2v) is 10.2. The highest BCUT2D eigenvalue weighted by Crippen LogP contribution is 2.54. The van der Waals surface area contributed by atoms with Crippen LogP contribution in [0.3, 0.4) is 0 Å². The molecule has 5 rings (SSSR count). The molecule has 158 valence electrons. The largest absolute Gasteiger partial charge is 0.354 e. The Hall–Kier alpha value is -1.88. The van der Waals surface area contributed by atoms with Gasteiger partial charge in [0.25, 0.3) is 0 Å². The molecular weight excluding hydrogens is 362 g/mol. The van der Waals surface area contributed by atoms with Crippen molar-refractivity contribution in [3.63, 3.8) is 0 Å². The van der Waals surface area contributed by atoms with E-state index in [4.69, 9.17) is 0 Å². The zero-order chi connectivity index (χ0) is 20.8. The molecule has 3 heterocycles. The summed E-state index contributed by atoms with van der Waals surface area (Å²) in [5.74, 6) is 1.45. The predicted molar refractivity (Wildman–Crippen MR) is 114 cm³/mol. The summed E-state index contributed by atoms with van der Waals surface area (Å²) < 4.78 is 0. The van der Waals surface area contributed by atoms with Gasteiger partial charge in [-0.15, -0.1) is 0 Å². The number of carbonyl (C=O) groups excluding carboxylic acids is 2. The lowest BCUT2D eigenvalue weighted by atomic mass is 9.57. The van der Waals surface area contributed by atoms with Crippen molar-refractivity contribution < 1.29 is 9.59 Å². The minimum absolute atomic E-state index is 0.0250. The molecule has 2 N–H and O–H groups in total. The maximum Gasteiger partial charge on any atom is 0.247 e. The van der Waals surface area contributed by atoms with E-state index in [-0.39, 0.29) is 35.6 Å². The Kier molecular flexibility index (Phi) is 5.45. The molecule has 3 aliphatic heterocycles. The SMILES string of the molecule is CC(C)CNC(=O)[C@]12NC(=O)[C@@H]3C[C@H]1CN(Cc1ccccc1)[C@H]2[C@@H]3CC(C)C. The number of hydrogen-bond donors (Lipinski definition) is 2. The van der Waals surface area contributed by atoms with Gasteiger partial charge in [-0.25, -0.2) is 0 Å². The fourth-order valence-corrected chi connectivity index (χ4v) is 6.05. The second-order valence-electron chi connectivity index (χ2n) is 10.2. The van der Waals surface area contributed by atoms with Gasteiger partial charge in [0.15, 0.2) is 0 Å². The molecule has 0 aromatic heterocycles. The van der Waals surface area contributed by atoms with Crippen molar-refractivity contribution in [2.24, 2.45) is 29.6 Å². The lowest BCUT2D eigenvalue weighted by Gasteiger charge is -2.55. The van der Waals surface area contributed by atoms with Crippen LogP contribution in [0.1, 0.15) is 46.1 Å². The van der Waals surface area contributed by atoms with Crippen molar-refractivity contribution in [1.29, 1.82) is 0 Å². The Morgan fingerprint density at radius 2 is 1.93 bits per heavy atom. The molecule has 0 radical (unpaired) electrons. The van der Waals surface area contributed by atoms with Crippen molar-refractivity contribution in [3.05, 3.63) is 35.9 Å². The van der Waals surface area contributed by atoms with Crippen LogP contribution in [0.4, 0.5) is 0 Å². The molecule has 5 nitrogen and oxygen atoms in total. The molecule has 4 aliphatic rings. The van der Waals surface area contributed by atoms with Gasteiger partial charge >= 0.3 is 0 Å². The number of fused-ring (bicyclic) bond motifs is 1. The van der Waals surface area contributed by atoms with Crippen molar-refractivity contribution in [2.45, 2.75) is 58.7 Å². The van der Waals surface area contributed by atoms with Gasteiger partial charge in [0.05, 0.1) is 0 Å². The van der Waals surface area contributed by atoms with Crippen molar-refractivity contribution >= 4 is 11.8 Å². The first kappa shape index (κ1) is 20.4. The van der Waals surface area contributed by atoms with Crippen LogP contribution in [0.2, 0.25) is 0 Å². The van der Waals surface area contributed by atoms with Crippen LogP contribution >= 0.6 is 0 Å². The van der Waals surface area contributed by atoms with Gasteiger partial charge in [-0.3, -0.25) is 14.5 Å². The number of carbonyl (C=O) groups is 2. The number of hydrogen-bond acceptors (Lipinski definition) is 3. The highest BCUT2D eigenvalue weighted by molar-refractivity contribution is 5.97. The summed E-state index contributed by atoms with van der Waals surface area (Å²) in [5, 5.41) is 6.41. The highest BCUT2D eigenvalue weighted by Gasteiger charge is 2.70. The molecule has 4 bridgehead atoms. The fraction of sp³-hybridized carbons (Fsp3) is 0.667. The second kappa shape index (κ2) is 7.75. The molecule has 1 aliphatic carbocycles. The smallest absolute Gasteiger partial charge is 0.247 e. The molecular formula is C24H35N3O2. The summed E-state index contributed by atoms with van der Waals surface area (Å²) in [7, 11) is 0. The summed E-state index contributed by atoms with van der Waals surface area (Å²) in [6.45, 7) is 11.0. The molecule has 1 saturated carbocycles. The predicted octanol–water partition coefficient (Wildman–Crippen LogP) is 2.81. The first-order chi connectivity index (χ1) is 13.8. The van der Waals surface area contributed by atoms with E-state index in [1.54, 1.807) is 0 Å². The fourth-order valence-electron chi connectivity index (χ4n) is 6.05. The van der Waals surface area contributed by atoms with Gasteiger partial charge in [0, 0.05) is 37.5 Å². The third-order valence-corrected chi connectivity index (χ3v) is 7.11. The minimum Gasteiger partial charge on any atom is -0.354 e. The van der Waals surface area contributed by atoms with Gasteiger partial charge in [-0.1, -0.05) is 58.0 Å². The molecule has 29 heavy (non-hydrogen) atoms. The van der Waals surface area contributed by atoms with Crippen molar-refractivity contribution in [2.75, 3.05) is 13.1 Å². The molecule has 0 spiro atoms. The van der Waals surface area contributed by atoms with Gasteiger partial charge in [-0.2, -0.15) is 0 Å². The summed E-state index contributed by atoms with van der Waals surface area (Å²) in [6, 6.07) is 10.6. The van der Waals surface area contributed by atoms with E-state index >= 15 is 0 Å². The Morgan fingerprint density at radius 3 is 2.59 bits per heavy atom. The molecule has 1 aromatic rings. The normalized spacial score (nSPS) is 33.4. The van der Waals surface area contributed by atoms with E-state index in [1.165, 1.54) is 5.56 Å². The monoisotopic (exact) mass is 397 g/mol. The number of benzene rings is 1. The first-order valence-corrected chi connectivity index (χ1v) is 11.2. The molecule has 1 aromatic carbocycles. The van der Waals surface area contributed by atoms with E-state index in [1.807, 2.05) is 6.07 Å². The van der Waals surface area contributed by atoms with E-state index in [2.05, 4.69) is 67.5 Å². The van der Waals surface area contributed by atoms with E-state index < -0.39 is 5.54 Å². The van der Waals surface area contributed by atoms with Crippen LogP contribution < -0.4 is 10.6 Å². The molecule has 4 fully saturated rings. The molecule has 0 unspecified atom stereocenters. The van der Waals surface area contributed by atoms with Crippen LogP contribution in [0.25, 0.3) is 0 Å². The molecule has 5 heteroatoms. The van der Waals surface area contributed by atoms with E-state index in [9.17, 15) is 9.59 Å². The number of piperidine rings is 2. The van der Waals surface area contributed by atoms with Crippen LogP contribution in [0.15, 0.2) is 30.3 Å². The summed E-state index contributed by atoms with van der Waals surface area (Å²) in [4.78, 5) is 29.0. The number of amides is 2. The van der Waals surface area contributed by atoms with E-state index in [0.29, 0.717) is 18.4 Å². The quantitative estimate of drug-likeness (QED) is 0.744. The number of likely N-dealkylation sites (tertiary alicyclic amines) is 1. The summed E-state index contributed by atoms with van der Waals surface area (Å²) in [5.41, 5.74) is 0.484. The number of nitrogens with zero attached hydrogens (tertiary/aromatic N) is 1. The maximum atomic E-state index is 13.6. The summed E-state index contributed by atoms with van der Waals surface area (Å²) >= 11 is 0. The third-order valence-electron chi connectivity index (χ3n) is 7.11. The first-order valence-electron chi connectivity index (χ1n) is 11.2. The average Bonchev–Trinajstić information content (AvgIpc) is 2.89. The van der Waals surface area contributed by atoms with Crippen molar-refractivity contribution in [1.82, 2.24) is 15.5 Å². The van der Waals surface area contributed by atoms with Crippen molar-refractivity contribution in [3.8, 4) is 0 Å². The third kappa shape index (κ3) is 3.48. The Bertz CT molecular complexity index is 763. The standard InChI is InChI=1S/C24H35N3O2/c1-15(2)10-19-20-11-18-14-27(13-17-8-6-5-7-9-17)21(19)24(18,26-22(20)28)23(29)25-12-16(3)4/h5-9,15-16,18-21H,10-14H2,1-4H3,(H,25,29)(H,26,28)/t18-,19+,20+,21-,24-/m0/s1. The molecule has 3 saturated heterocycles. The lowest BCUT2D eigenvalue weighted by molar-refractivity contribution is -0.155. The van der Waals surface area contributed by atoms with Gasteiger partial charge in [0.2, 0.25) is 11.8 Å². The van der Waals surface area contributed by atoms with Crippen LogP contribution in [0.5, 0.6) is 0 Å². The van der Waals surface area contributed by atoms with Gasteiger partial charge in [-0.05, 0) is 36.2 Å². The maximum absolute atomic E-state index is 13.6. The zero-order valence-corrected chi connectivity index (χ0v) is 18.2. The van der Waals surface area contributed by atoms with Crippen LogP contribution in [-0.4, -0.2) is 41.4 Å². The highest BCUT2D eigenvalue weighted by atomic mass is 16.2. The Labute approximate surface area is 174 Å². The van der Waals surface area contributed by atoms with Crippen LogP contribution in [0, 0.1) is 29.6 Å². The molecule has 5 atom stereocenters. The average molecular weight is 398 g/mol. The van der Waals surface area contributed by atoms with Gasteiger partial charge in [0.1, 0.15) is 5.54 Å². The Morgan fingerprint density at radius 1 is 1.21 bits per heavy atom. The Balaban J connectivity index is 1.69. The zero-order valence-electron chi connectivity index (χ0n) is 18.2. The van der Waals surface area contributed by atoms with E-state index in [0.717, 1.165) is 25.9 Å². The number of rotatable bonds is 7. The summed E-state index contributed by atoms with van der Waals surface area (Å²) in [6.07, 6.45) is 1.82. The van der Waals surface area contributed by atoms with Gasteiger partial charge < -0.3 is 10.6 Å².